The maximum atomic E-state index is 2.64. The van der Waals surface area contributed by atoms with Gasteiger partial charge < -0.3 is 6.33 Å². The number of rotatable bonds is 15. The van der Waals surface area contributed by atoms with Crippen molar-refractivity contribution < 1.29 is 31.0 Å². The molecule has 2 heteroatoms. The predicted octanol–water partition coefficient (Wildman–Crippen LogP) is 3.15. The Kier molecular flexibility index (Phi) is 23.2. The second-order valence-corrected chi connectivity index (χ2v) is 6.02. The first-order chi connectivity index (χ1) is 9.35. The molecule has 0 unspecified atom stereocenters. The van der Waals surface area contributed by atoms with Gasteiger partial charge in [-0.3, -0.25) is 0 Å². The van der Waals surface area contributed by atoms with Crippen molar-refractivity contribution in [2.45, 2.75) is 97.8 Å². The molecule has 0 aliphatic heterocycles. The van der Waals surface area contributed by atoms with E-state index in [1.165, 1.54) is 96.7 Å². The molecule has 0 bridgehead atoms. The van der Waals surface area contributed by atoms with Crippen LogP contribution in [-0.4, -0.2) is 24.5 Å². The van der Waals surface area contributed by atoms with Crippen molar-refractivity contribution in [1.29, 1.82) is 0 Å². The van der Waals surface area contributed by atoms with Crippen LogP contribution in [0, 0.1) is 0 Å². The smallest absolute Gasteiger partial charge is 1.00 e. The molecule has 0 amide bonds. The minimum absolute atomic E-state index is 0. The summed E-state index contributed by atoms with van der Waals surface area (Å²) in [5, 5.41) is 0. The monoisotopic (exact) mass is 293 g/mol. The Labute approximate surface area is 153 Å². The molecular weight excluding hydrogens is 253 g/mol. The molecule has 0 saturated carbocycles. The van der Waals surface area contributed by atoms with Gasteiger partial charge in [-0.25, -0.2) is 0 Å². The van der Waals surface area contributed by atoms with Crippen molar-refractivity contribution in [3.8, 4) is 0 Å². The first-order valence-electron chi connectivity index (χ1n) is 9.07. The van der Waals surface area contributed by atoms with E-state index in [-0.39, 0.29) is 31.0 Å². The van der Waals surface area contributed by atoms with Crippen molar-refractivity contribution >= 4 is 0 Å². The summed E-state index contributed by atoms with van der Waals surface area (Å²) in [4.78, 5) is 2.64. The first-order valence-corrected chi connectivity index (χ1v) is 9.07. The van der Waals surface area contributed by atoms with E-state index >= 15 is 0 Å². The molecular formula is C18H40NNa. The summed E-state index contributed by atoms with van der Waals surface area (Å²) in [6.45, 7) is 10.8. The van der Waals surface area contributed by atoms with E-state index in [0.717, 1.165) is 0 Å². The third-order valence-corrected chi connectivity index (χ3v) is 3.91. The zero-order chi connectivity index (χ0) is 14.2. The molecule has 0 aliphatic carbocycles. The minimum Gasteiger partial charge on any atom is -1.00 e. The van der Waals surface area contributed by atoms with Crippen LogP contribution < -0.4 is 29.6 Å². The molecule has 0 atom stereocenters. The van der Waals surface area contributed by atoms with Crippen LogP contribution >= 0.6 is 0 Å². The third-order valence-electron chi connectivity index (χ3n) is 3.91. The third kappa shape index (κ3) is 17.0. The van der Waals surface area contributed by atoms with E-state index in [9.17, 15) is 0 Å². The van der Waals surface area contributed by atoms with Gasteiger partial charge >= 0.3 is 29.6 Å². The summed E-state index contributed by atoms with van der Waals surface area (Å²) < 4.78 is 0. The van der Waals surface area contributed by atoms with Crippen molar-refractivity contribution in [2.75, 3.05) is 19.6 Å². The maximum Gasteiger partial charge on any atom is 1.00 e. The molecule has 118 valence electrons. The molecule has 1 nitrogen and oxygen atoms in total. The molecule has 0 spiro atoms. The van der Waals surface area contributed by atoms with Gasteiger partial charge in [-0.15, -0.1) is 0 Å². The van der Waals surface area contributed by atoms with Crippen LogP contribution in [0.2, 0.25) is 0 Å². The van der Waals surface area contributed by atoms with Gasteiger partial charge in [0.1, 0.15) is 0 Å². The van der Waals surface area contributed by atoms with E-state index in [0.29, 0.717) is 0 Å². The Bertz CT molecular complexity index is 161. The van der Waals surface area contributed by atoms with E-state index in [1.54, 1.807) is 0 Å². The van der Waals surface area contributed by atoms with Gasteiger partial charge in [0.05, 0.1) is 0 Å². The topological polar surface area (TPSA) is 3.24 Å². The van der Waals surface area contributed by atoms with Crippen LogP contribution in [0.3, 0.4) is 0 Å². The number of hydrogen-bond donors (Lipinski definition) is 0. The van der Waals surface area contributed by atoms with Crippen LogP contribution in [0.15, 0.2) is 0 Å². The summed E-state index contributed by atoms with van der Waals surface area (Å²) in [6, 6.07) is 0. The van der Waals surface area contributed by atoms with Gasteiger partial charge in [0, 0.05) is 0 Å². The Morgan fingerprint density at radius 1 is 0.500 bits per heavy atom. The SMILES string of the molecule is CCCCCCCCCCCCN(CCC)CCC.[H-].[Na+]. The summed E-state index contributed by atoms with van der Waals surface area (Å²) in [5.41, 5.74) is 0. The Morgan fingerprint density at radius 3 is 1.30 bits per heavy atom. The molecule has 0 fully saturated rings. The number of hydrogen-bond acceptors (Lipinski definition) is 1. The van der Waals surface area contributed by atoms with Crippen LogP contribution in [0.5, 0.6) is 0 Å². The van der Waals surface area contributed by atoms with Gasteiger partial charge in [0.2, 0.25) is 0 Å². The summed E-state index contributed by atoms with van der Waals surface area (Å²) >= 11 is 0. The second-order valence-electron chi connectivity index (χ2n) is 6.02. The second kappa shape index (κ2) is 20.0. The summed E-state index contributed by atoms with van der Waals surface area (Å²) in [6.07, 6.45) is 17.1. The molecule has 0 radical (unpaired) electrons. The van der Waals surface area contributed by atoms with Crippen molar-refractivity contribution in [3.63, 3.8) is 0 Å². The Balaban J connectivity index is -0.00000162. The van der Waals surface area contributed by atoms with Gasteiger partial charge in [-0.1, -0.05) is 78.6 Å². The zero-order valence-corrected chi connectivity index (χ0v) is 17.1. The predicted molar refractivity (Wildman–Crippen MR) is 90.0 cm³/mol. The molecule has 0 rings (SSSR count). The Hall–Kier alpha value is 0.960. The fourth-order valence-electron chi connectivity index (χ4n) is 2.79. The van der Waals surface area contributed by atoms with E-state index in [2.05, 4.69) is 25.7 Å². The van der Waals surface area contributed by atoms with Crippen LogP contribution in [0.4, 0.5) is 0 Å². The fraction of sp³-hybridized carbons (Fsp3) is 1.00. The fourth-order valence-corrected chi connectivity index (χ4v) is 2.79. The summed E-state index contributed by atoms with van der Waals surface area (Å²) in [5.74, 6) is 0. The van der Waals surface area contributed by atoms with Gasteiger partial charge in [-0.2, -0.15) is 0 Å². The van der Waals surface area contributed by atoms with E-state index in [4.69, 9.17) is 0 Å². The number of nitrogens with zero attached hydrogens (tertiary/aromatic N) is 1. The zero-order valence-electron chi connectivity index (χ0n) is 16.1. The first kappa shape index (κ1) is 23.2. The van der Waals surface area contributed by atoms with Crippen molar-refractivity contribution in [3.05, 3.63) is 0 Å². The molecule has 0 heterocycles. The molecule has 0 aliphatic rings. The molecule has 0 aromatic heterocycles. The molecule has 0 saturated heterocycles. The molecule has 0 aromatic rings. The van der Waals surface area contributed by atoms with Crippen LogP contribution in [-0.2, 0) is 0 Å². The van der Waals surface area contributed by atoms with E-state index in [1.807, 2.05) is 0 Å². The standard InChI is InChI=1S/C18H39N.Na.H/c1-4-7-8-9-10-11-12-13-14-15-18-19(16-5-2)17-6-3;;/h4-18H2,1-3H3;;/q;+1;-1. The Morgan fingerprint density at radius 2 is 0.900 bits per heavy atom. The number of unbranched alkanes of at least 4 members (excludes halogenated alkanes) is 9. The minimum atomic E-state index is 0. The maximum absolute atomic E-state index is 2.64. The van der Waals surface area contributed by atoms with Crippen molar-refractivity contribution in [2.24, 2.45) is 0 Å². The normalized spacial score (nSPS) is 10.8. The molecule has 0 aromatic carbocycles. The molecule has 0 N–H and O–H groups in total. The van der Waals surface area contributed by atoms with Crippen molar-refractivity contribution in [1.82, 2.24) is 4.90 Å². The molecule has 20 heavy (non-hydrogen) atoms. The van der Waals surface area contributed by atoms with Gasteiger partial charge in [0.15, 0.2) is 0 Å². The summed E-state index contributed by atoms with van der Waals surface area (Å²) in [7, 11) is 0. The van der Waals surface area contributed by atoms with E-state index < -0.39 is 0 Å². The average Bonchev–Trinajstić information content (AvgIpc) is 2.41. The van der Waals surface area contributed by atoms with Crippen LogP contribution in [0.25, 0.3) is 0 Å². The van der Waals surface area contributed by atoms with Gasteiger partial charge in [0.25, 0.3) is 0 Å². The quantitative estimate of drug-likeness (QED) is 0.331. The largest absolute Gasteiger partial charge is 1.00 e. The average molecular weight is 294 g/mol. The van der Waals surface area contributed by atoms with Gasteiger partial charge in [-0.05, 0) is 38.9 Å². The van der Waals surface area contributed by atoms with Crippen LogP contribution in [0.1, 0.15) is 99.2 Å².